The molecule has 0 saturated carbocycles. The molecule has 3 heterocycles. The van der Waals surface area contributed by atoms with E-state index in [1.807, 2.05) is 30.5 Å². The highest BCUT2D eigenvalue weighted by molar-refractivity contribution is 6.64. The molecule has 0 N–H and O–H groups in total. The molecule has 2 aromatic heterocycles. The van der Waals surface area contributed by atoms with Crippen LogP contribution in [0.2, 0.25) is 0 Å². The third-order valence-electron chi connectivity index (χ3n) is 6.54. The molecule has 34 heavy (non-hydrogen) atoms. The van der Waals surface area contributed by atoms with E-state index < -0.39 is 0 Å². The van der Waals surface area contributed by atoms with E-state index >= 15 is 0 Å². The van der Waals surface area contributed by atoms with Gasteiger partial charge in [-0.05, 0) is 73.7 Å². The average Bonchev–Trinajstić information content (AvgIpc) is 3.43. The van der Waals surface area contributed by atoms with Gasteiger partial charge in [-0.1, -0.05) is 17.3 Å². The van der Waals surface area contributed by atoms with Crippen LogP contribution in [-0.4, -0.2) is 37.9 Å². The van der Waals surface area contributed by atoms with Crippen LogP contribution < -0.4 is 0 Å². The zero-order valence-electron chi connectivity index (χ0n) is 19.3. The van der Waals surface area contributed by atoms with Crippen molar-refractivity contribution in [3.05, 3.63) is 58.8 Å². The molecule has 7 nitrogen and oxygen atoms in total. The lowest BCUT2D eigenvalue weighted by molar-refractivity contribution is -0.112. The number of carbonyl (C=O) groups excluding carboxylic acids is 1. The predicted octanol–water partition coefficient (Wildman–Crippen LogP) is 5.24. The molecular weight excluding hydrogens is 450 g/mol. The van der Waals surface area contributed by atoms with Gasteiger partial charge in [0.05, 0.1) is 12.1 Å². The number of aromatic nitrogens is 3. The van der Waals surface area contributed by atoms with E-state index in [0.717, 1.165) is 40.6 Å². The summed E-state index contributed by atoms with van der Waals surface area (Å²) in [7, 11) is 0. The van der Waals surface area contributed by atoms with Gasteiger partial charge < -0.3 is 9.09 Å². The zero-order valence-corrected chi connectivity index (χ0v) is 20.1. The van der Waals surface area contributed by atoms with Crippen LogP contribution in [0.25, 0.3) is 33.7 Å². The van der Waals surface area contributed by atoms with Gasteiger partial charge in [0, 0.05) is 47.4 Å². The van der Waals surface area contributed by atoms with E-state index in [0.29, 0.717) is 23.8 Å². The van der Waals surface area contributed by atoms with E-state index in [4.69, 9.17) is 16.1 Å². The molecule has 0 aliphatic carbocycles. The minimum Gasteiger partial charge on any atom is -0.344 e. The van der Waals surface area contributed by atoms with Crippen molar-refractivity contribution in [2.24, 2.45) is 0 Å². The Balaban J connectivity index is 1.47. The molecular formula is C26H24ClN5O2. The Bertz CT molecular complexity index is 1460. The molecule has 8 heteroatoms. The second kappa shape index (κ2) is 8.71. The summed E-state index contributed by atoms with van der Waals surface area (Å²) < 4.78 is 7.73. The molecule has 172 valence electrons. The Labute approximate surface area is 202 Å². The summed E-state index contributed by atoms with van der Waals surface area (Å²) >= 11 is 5.57. The lowest BCUT2D eigenvalue weighted by Gasteiger charge is -2.29. The van der Waals surface area contributed by atoms with Crippen LogP contribution in [0.15, 0.2) is 41.1 Å². The molecule has 1 aliphatic heterocycles. The zero-order chi connectivity index (χ0) is 24.0. The Morgan fingerprint density at radius 3 is 2.85 bits per heavy atom. The smallest absolute Gasteiger partial charge is 0.258 e. The maximum absolute atomic E-state index is 11.3. The van der Waals surface area contributed by atoms with Gasteiger partial charge in [0.25, 0.3) is 5.89 Å². The highest BCUT2D eigenvalue weighted by atomic mass is 35.5. The Morgan fingerprint density at radius 1 is 1.29 bits per heavy atom. The first-order chi connectivity index (χ1) is 16.4. The lowest BCUT2D eigenvalue weighted by atomic mass is 9.91. The van der Waals surface area contributed by atoms with Gasteiger partial charge in [0.2, 0.25) is 11.1 Å². The minimum atomic E-state index is -0.336. The molecule has 0 fully saturated rings. The molecule has 0 bridgehead atoms. The van der Waals surface area contributed by atoms with Gasteiger partial charge in [-0.2, -0.15) is 10.2 Å². The Morgan fingerprint density at radius 2 is 2.12 bits per heavy atom. The number of nitriles is 1. The second-order valence-electron chi connectivity index (χ2n) is 9.00. The van der Waals surface area contributed by atoms with Crippen molar-refractivity contribution in [2.75, 3.05) is 13.1 Å². The van der Waals surface area contributed by atoms with E-state index in [1.54, 1.807) is 0 Å². The highest BCUT2D eigenvalue weighted by Crippen LogP contribution is 2.33. The number of halogens is 1. The highest BCUT2D eigenvalue weighted by Gasteiger charge is 2.22. The number of nitrogens with zero attached hydrogens (tertiary/aromatic N) is 5. The SMILES string of the molecule is Cc1c(-c2noc(-c3ccc4c(c3)c(C#N)cn4C(C)C)n2)ccc2c1CCN(CC(=O)Cl)C2. The lowest BCUT2D eigenvalue weighted by Crippen LogP contribution is -2.34. The van der Waals surface area contributed by atoms with Crippen molar-refractivity contribution in [3.8, 4) is 28.9 Å². The van der Waals surface area contributed by atoms with Crippen LogP contribution in [0.5, 0.6) is 0 Å². The van der Waals surface area contributed by atoms with E-state index in [-0.39, 0.29) is 17.8 Å². The molecule has 0 amide bonds. The summed E-state index contributed by atoms with van der Waals surface area (Å²) in [4.78, 5) is 18.0. The second-order valence-corrected chi connectivity index (χ2v) is 9.42. The maximum atomic E-state index is 11.3. The monoisotopic (exact) mass is 473 g/mol. The Kier molecular flexibility index (Phi) is 5.72. The number of hydrogen-bond donors (Lipinski definition) is 0. The molecule has 0 spiro atoms. The number of fused-ring (bicyclic) bond motifs is 2. The number of rotatable bonds is 5. The van der Waals surface area contributed by atoms with Gasteiger partial charge >= 0.3 is 0 Å². The average molecular weight is 474 g/mol. The summed E-state index contributed by atoms with van der Waals surface area (Å²) in [5.41, 5.74) is 6.92. The van der Waals surface area contributed by atoms with Crippen LogP contribution in [0.1, 0.15) is 42.1 Å². The van der Waals surface area contributed by atoms with Crippen molar-refractivity contribution in [1.29, 1.82) is 5.26 Å². The van der Waals surface area contributed by atoms with Crippen molar-refractivity contribution in [1.82, 2.24) is 19.6 Å². The van der Waals surface area contributed by atoms with E-state index in [9.17, 15) is 10.1 Å². The third-order valence-corrected chi connectivity index (χ3v) is 6.66. The quantitative estimate of drug-likeness (QED) is 0.368. The molecule has 4 aromatic rings. The summed E-state index contributed by atoms with van der Waals surface area (Å²) in [6.45, 7) is 8.00. The van der Waals surface area contributed by atoms with Crippen molar-refractivity contribution in [2.45, 2.75) is 39.8 Å². The standard InChI is InChI=1S/C26H24ClN5O2/c1-15(2)32-13-19(11-28)22-10-17(5-7-23(22)32)26-29-25(30-34-26)21-6-4-18-12-31(14-24(27)33)9-8-20(18)16(21)3/h4-7,10,13,15H,8-9,12,14H2,1-3H3. The summed E-state index contributed by atoms with van der Waals surface area (Å²) in [6.07, 6.45) is 2.73. The number of benzene rings is 2. The minimum absolute atomic E-state index is 0.250. The van der Waals surface area contributed by atoms with Crippen LogP contribution in [0, 0.1) is 18.3 Å². The van der Waals surface area contributed by atoms with E-state index in [2.05, 4.69) is 52.5 Å². The maximum Gasteiger partial charge on any atom is 0.258 e. The van der Waals surface area contributed by atoms with Gasteiger partial charge in [-0.3, -0.25) is 9.69 Å². The predicted molar refractivity (Wildman–Crippen MR) is 130 cm³/mol. The van der Waals surface area contributed by atoms with Gasteiger partial charge in [-0.15, -0.1) is 0 Å². The van der Waals surface area contributed by atoms with Crippen LogP contribution in [0.4, 0.5) is 0 Å². The number of hydrogen-bond acceptors (Lipinski definition) is 6. The topological polar surface area (TPSA) is 87.9 Å². The van der Waals surface area contributed by atoms with Crippen molar-refractivity contribution < 1.29 is 9.32 Å². The van der Waals surface area contributed by atoms with Crippen molar-refractivity contribution in [3.63, 3.8) is 0 Å². The first-order valence-electron chi connectivity index (χ1n) is 11.3. The summed E-state index contributed by atoms with van der Waals surface area (Å²) in [5.74, 6) is 0.955. The molecule has 1 aliphatic rings. The first-order valence-corrected chi connectivity index (χ1v) is 11.6. The summed E-state index contributed by atoms with van der Waals surface area (Å²) in [5, 5.41) is 14.4. The normalized spacial score (nSPS) is 13.9. The molecule has 0 unspecified atom stereocenters. The van der Waals surface area contributed by atoms with Crippen LogP contribution >= 0.6 is 11.6 Å². The fraction of sp³-hybridized carbons (Fsp3) is 0.308. The van der Waals surface area contributed by atoms with Crippen LogP contribution in [-0.2, 0) is 17.8 Å². The fourth-order valence-corrected chi connectivity index (χ4v) is 4.98. The summed E-state index contributed by atoms with van der Waals surface area (Å²) in [6, 6.07) is 12.5. The number of carbonyl (C=O) groups is 1. The van der Waals surface area contributed by atoms with Gasteiger partial charge in [-0.25, -0.2) is 0 Å². The molecule has 0 radical (unpaired) electrons. The largest absolute Gasteiger partial charge is 0.344 e. The third kappa shape index (κ3) is 3.89. The molecule has 0 atom stereocenters. The van der Waals surface area contributed by atoms with E-state index in [1.165, 1.54) is 11.1 Å². The van der Waals surface area contributed by atoms with Gasteiger partial charge in [0.15, 0.2) is 0 Å². The Hall–Kier alpha value is -3.47. The molecule has 0 saturated heterocycles. The van der Waals surface area contributed by atoms with Gasteiger partial charge in [0.1, 0.15) is 6.07 Å². The molecule has 2 aromatic carbocycles. The van der Waals surface area contributed by atoms with Crippen molar-refractivity contribution >= 4 is 27.7 Å². The molecule has 5 rings (SSSR count). The fourth-order valence-electron chi connectivity index (χ4n) is 4.81. The first kappa shape index (κ1) is 22.3. The van der Waals surface area contributed by atoms with Crippen LogP contribution in [0.3, 0.4) is 0 Å².